The van der Waals surface area contributed by atoms with Crippen LogP contribution in [0.1, 0.15) is 0 Å². The molecule has 0 aliphatic rings. The Balaban J connectivity index is 2.36. The number of hydrogen-bond donors (Lipinski definition) is 1. The van der Waals surface area contributed by atoms with Crippen LogP contribution in [0.15, 0.2) is 42.6 Å². The summed E-state index contributed by atoms with van der Waals surface area (Å²) in [6.07, 6.45) is 1.85. The maximum atomic E-state index is 10.7. The average Bonchev–Trinajstić information content (AvgIpc) is 2.71. The normalized spacial score (nSPS) is 10.4. The van der Waals surface area contributed by atoms with E-state index in [4.69, 9.17) is 9.84 Å². The summed E-state index contributed by atoms with van der Waals surface area (Å²) in [5.74, 6) is -0.187. The SMILES string of the molecule is C=C(Cn1ccc2cc(OC)ccc21)C(=O)O. The van der Waals surface area contributed by atoms with E-state index < -0.39 is 5.97 Å². The number of fused-ring (bicyclic) bond motifs is 1. The zero-order chi connectivity index (χ0) is 12.4. The van der Waals surface area contributed by atoms with Crippen molar-refractivity contribution in [3.8, 4) is 5.75 Å². The molecule has 2 aromatic rings. The highest BCUT2D eigenvalue weighted by atomic mass is 16.5. The molecular formula is C13H13NO3. The van der Waals surface area contributed by atoms with Gasteiger partial charge in [0, 0.05) is 22.7 Å². The van der Waals surface area contributed by atoms with Crippen molar-refractivity contribution in [3.63, 3.8) is 0 Å². The summed E-state index contributed by atoms with van der Waals surface area (Å²) in [7, 11) is 1.62. The summed E-state index contributed by atoms with van der Waals surface area (Å²) in [5, 5.41) is 9.82. The van der Waals surface area contributed by atoms with Crippen molar-refractivity contribution in [3.05, 3.63) is 42.6 Å². The van der Waals surface area contributed by atoms with Gasteiger partial charge in [0.15, 0.2) is 0 Å². The van der Waals surface area contributed by atoms with Crippen LogP contribution in [0.25, 0.3) is 10.9 Å². The standard InChI is InChI=1S/C13H13NO3/c1-9(13(15)16)8-14-6-5-10-7-11(17-2)3-4-12(10)14/h3-7H,1,8H2,2H3,(H,15,16). The van der Waals surface area contributed by atoms with Crippen molar-refractivity contribution >= 4 is 16.9 Å². The van der Waals surface area contributed by atoms with Gasteiger partial charge < -0.3 is 14.4 Å². The van der Waals surface area contributed by atoms with E-state index in [2.05, 4.69) is 6.58 Å². The summed E-state index contributed by atoms with van der Waals surface area (Å²) in [6.45, 7) is 3.81. The highest BCUT2D eigenvalue weighted by Gasteiger charge is 2.07. The van der Waals surface area contributed by atoms with E-state index in [1.54, 1.807) is 7.11 Å². The number of carboxylic acids is 1. The molecule has 88 valence electrons. The minimum Gasteiger partial charge on any atom is -0.497 e. The fourth-order valence-corrected chi connectivity index (χ4v) is 1.72. The molecule has 1 aromatic carbocycles. The Kier molecular flexibility index (Phi) is 2.87. The summed E-state index contributed by atoms with van der Waals surface area (Å²) in [6, 6.07) is 7.59. The van der Waals surface area contributed by atoms with Crippen molar-refractivity contribution < 1.29 is 14.6 Å². The van der Waals surface area contributed by atoms with Crippen LogP contribution in [-0.4, -0.2) is 22.8 Å². The number of nitrogens with zero attached hydrogens (tertiary/aromatic N) is 1. The van der Waals surface area contributed by atoms with Crippen LogP contribution in [-0.2, 0) is 11.3 Å². The molecule has 17 heavy (non-hydrogen) atoms. The van der Waals surface area contributed by atoms with Gasteiger partial charge in [-0.25, -0.2) is 4.79 Å². The summed E-state index contributed by atoms with van der Waals surface area (Å²) in [4.78, 5) is 10.7. The second kappa shape index (κ2) is 4.33. The number of aromatic nitrogens is 1. The zero-order valence-corrected chi connectivity index (χ0v) is 9.51. The predicted octanol–water partition coefficient (Wildman–Crippen LogP) is 2.29. The maximum absolute atomic E-state index is 10.7. The highest BCUT2D eigenvalue weighted by Crippen LogP contribution is 2.22. The fraction of sp³-hybridized carbons (Fsp3) is 0.154. The van der Waals surface area contributed by atoms with Crippen molar-refractivity contribution in [2.24, 2.45) is 0 Å². The molecule has 0 radical (unpaired) electrons. The number of aliphatic carboxylic acids is 1. The van der Waals surface area contributed by atoms with E-state index in [0.717, 1.165) is 16.7 Å². The molecule has 0 saturated heterocycles. The van der Waals surface area contributed by atoms with E-state index in [1.165, 1.54) is 0 Å². The molecule has 0 bridgehead atoms. The van der Waals surface area contributed by atoms with Crippen LogP contribution in [0.2, 0.25) is 0 Å². The van der Waals surface area contributed by atoms with Gasteiger partial charge in [0.05, 0.1) is 13.7 Å². The fourth-order valence-electron chi connectivity index (χ4n) is 1.72. The lowest BCUT2D eigenvalue weighted by Gasteiger charge is -2.05. The number of rotatable bonds is 4. The molecule has 1 N–H and O–H groups in total. The summed E-state index contributed by atoms with van der Waals surface area (Å²) < 4.78 is 6.98. The monoisotopic (exact) mass is 231 g/mol. The summed E-state index contributed by atoms with van der Waals surface area (Å²) in [5.41, 5.74) is 1.13. The van der Waals surface area contributed by atoms with Crippen molar-refractivity contribution in [1.82, 2.24) is 4.57 Å². The first-order valence-corrected chi connectivity index (χ1v) is 5.16. The van der Waals surface area contributed by atoms with Gasteiger partial charge in [0.1, 0.15) is 5.75 Å². The maximum Gasteiger partial charge on any atom is 0.332 e. The molecule has 4 heteroatoms. The molecule has 1 heterocycles. The third-order valence-corrected chi connectivity index (χ3v) is 2.64. The first-order chi connectivity index (χ1) is 8.11. The number of methoxy groups -OCH3 is 1. The lowest BCUT2D eigenvalue weighted by Crippen LogP contribution is -2.07. The lowest BCUT2D eigenvalue weighted by molar-refractivity contribution is -0.132. The topological polar surface area (TPSA) is 51.5 Å². The van der Waals surface area contributed by atoms with Gasteiger partial charge in [-0.05, 0) is 24.3 Å². The smallest absolute Gasteiger partial charge is 0.332 e. The Hall–Kier alpha value is -2.23. The van der Waals surface area contributed by atoms with Gasteiger partial charge in [0.25, 0.3) is 0 Å². The Labute approximate surface area is 98.7 Å². The first kappa shape index (κ1) is 11.3. The number of benzene rings is 1. The van der Waals surface area contributed by atoms with Crippen molar-refractivity contribution in [2.45, 2.75) is 6.54 Å². The van der Waals surface area contributed by atoms with E-state index in [1.807, 2.05) is 35.0 Å². The minimum absolute atomic E-state index is 0.165. The molecule has 0 unspecified atom stereocenters. The van der Waals surface area contributed by atoms with Gasteiger partial charge in [-0.15, -0.1) is 0 Å². The number of ether oxygens (including phenoxy) is 1. The highest BCUT2D eigenvalue weighted by molar-refractivity contribution is 5.87. The van der Waals surface area contributed by atoms with Crippen LogP contribution >= 0.6 is 0 Å². The number of carboxylic acid groups (broad SMARTS) is 1. The molecule has 0 atom stereocenters. The van der Waals surface area contributed by atoms with Gasteiger partial charge in [0.2, 0.25) is 0 Å². The molecule has 2 rings (SSSR count). The lowest BCUT2D eigenvalue weighted by atomic mass is 10.2. The Morgan fingerprint density at radius 2 is 2.24 bits per heavy atom. The van der Waals surface area contributed by atoms with Crippen LogP contribution < -0.4 is 4.74 Å². The van der Waals surface area contributed by atoms with Gasteiger partial charge in [-0.1, -0.05) is 6.58 Å². The van der Waals surface area contributed by atoms with Crippen LogP contribution in [0.5, 0.6) is 5.75 Å². The molecule has 0 saturated carbocycles. The quantitative estimate of drug-likeness (QED) is 0.821. The molecule has 1 aromatic heterocycles. The third-order valence-electron chi connectivity index (χ3n) is 2.64. The van der Waals surface area contributed by atoms with E-state index in [-0.39, 0.29) is 12.1 Å². The molecule has 0 aliphatic heterocycles. The van der Waals surface area contributed by atoms with E-state index >= 15 is 0 Å². The predicted molar refractivity (Wildman–Crippen MR) is 65.3 cm³/mol. The second-order valence-electron chi connectivity index (χ2n) is 3.78. The van der Waals surface area contributed by atoms with E-state index in [0.29, 0.717) is 0 Å². The third kappa shape index (κ3) is 2.15. The molecule has 0 aliphatic carbocycles. The minimum atomic E-state index is -0.972. The molecule has 0 amide bonds. The van der Waals surface area contributed by atoms with E-state index in [9.17, 15) is 4.79 Å². The molecule has 4 nitrogen and oxygen atoms in total. The van der Waals surface area contributed by atoms with Crippen molar-refractivity contribution in [1.29, 1.82) is 0 Å². The van der Waals surface area contributed by atoms with Gasteiger partial charge in [-0.3, -0.25) is 0 Å². The molecule has 0 fully saturated rings. The van der Waals surface area contributed by atoms with Crippen LogP contribution in [0, 0.1) is 0 Å². The summed E-state index contributed by atoms with van der Waals surface area (Å²) >= 11 is 0. The largest absolute Gasteiger partial charge is 0.497 e. The van der Waals surface area contributed by atoms with Crippen molar-refractivity contribution in [2.75, 3.05) is 7.11 Å². The Bertz CT molecular complexity index is 583. The number of carbonyl (C=O) groups is 1. The Morgan fingerprint density at radius 3 is 2.88 bits per heavy atom. The van der Waals surface area contributed by atoms with Crippen LogP contribution in [0.4, 0.5) is 0 Å². The number of hydrogen-bond acceptors (Lipinski definition) is 2. The average molecular weight is 231 g/mol. The molecule has 0 spiro atoms. The van der Waals surface area contributed by atoms with Gasteiger partial charge >= 0.3 is 5.97 Å². The van der Waals surface area contributed by atoms with Gasteiger partial charge in [-0.2, -0.15) is 0 Å². The first-order valence-electron chi connectivity index (χ1n) is 5.16. The second-order valence-corrected chi connectivity index (χ2v) is 3.78. The molecular weight excluding hydrogens is 218 g/mol. The van der Waals surface area contributed by atoms with Crippen LogP contribution in [0.3, 0.4) is 0 Å². The zero-order valence-electron chi connectivity index (χ0n) is 9.51. The Morgan fingerprint density at radius 1 is 1.47 bits per heavy atom.